The molecule has 2 aromatic rings. The number of hydrogen-bond donors (Lipinski definition) is 2. The normalized spacial score (nSPS) is 29.7. The smallest absolute Gasteiger partial charge is 0.251 e. The van der Waals surface area contributed by atoms with Crippen LogP contribution in [0, 0.1) is 18.3 Å². The number of aryl methyl sites for hydroxylation is 1. The lowest BCUT2D eigenvalue weighted by atomic mass is 9.77. The van der Waals surface area contributed by atoms with Crippen molar-refractivity contribution in [3.05, 3.63) is 82.5 Å². The minimum absolute atomic E-state index is 0.143. The molecule has 7 rings (SSSR count). The molecule has 8 nitrogen and oxygen atoms in total. The standard InChI is InChI=1S/C28H26N6O2/c1-16-33-34-25(36-16)27-11-10-21(31-27)13-20-7-6-18(29-20)12-19-8-9-22(30-19)14-28(17-4-5-17)24(35)26(2,3)23(15-27)32-28/h6-15,17,29,32H,4-5H2,1-3H3. The Labute approximate surface area is 207 Å². The Bertz CT molecular complexity index is 1640. The molecule has 5 aliphatic rings. The second kappa shape index (κ2) is 7.00. The minimum Gasteiger partial charge on any atom is -0.422 e. The van der Waals surface area contributed by atoms with E-state index in [1.807, 2.05) is 74.6 Å². The number of Topliss-reactive ketones (excluding diaryl/α,β-unsaturated/α-hetero) is 1. The number of ketones is 1. The second-order valence-corrected chi connectivity index (χ2v) is 10.7. The molecule has 0 radical (unpaired) electrons. The van der Waals surface area contributed by atoms with Gasteiger partial charge in [-0.1, -0.05) is 0 Å². The number of nitrogens with one attached hydrogen (secondary N) is 2. The van der Waals surface area contributed by atoms with Gasteiger partial charge in [-0.3, -0.25) is 9.79 Å². The molecular formula is C28H26N6O2. The van der Waals surface area contributed by atoms with Gasteiger partial charge in [0, 0.05) is 23.3 Å². The van der Waals surface area contributed by atoms with Gasteiger partial charge in [0.2, 0.25) is 5.89 Å². The fourth-order valence-electron chi connectivity index (χ4n) is 5.56. The fourth-order valence-corrected chi connectivity index (χ4v) is 5.56. The molecule has 4 aliphatic heterocycles. The van der Waals surface area contributed by atoms with E-state index in [1.54, 1.807) is 6.92 Å². The molecule has 1 aliphatic carbocycles. The van der Waals surface area contributed by atoms with Crippen LogP contribution in [0.3, 0.4) is 0 Å². The summed E-state index contributed by atoms with van der Waals surface area (Å²) in [6.07, 6.45) is 17.8. The zero-order valence-corrected chi connectivity index (χ0v) is 20.4. The Balaban J connectivity index is 1.51. The van der Waals surface area contributed by atoms with Gasteiger partial charge in [-0.25, -0.2) is 4.99 Å². The number of allylic oxidation sites excluding steroid dienone is 4. The first-order chi connectivity index (χ1) is 17.3. The van der Waals surface area contributed by atoms with Crippen molar-refractivity contribution in [3.63, 3.8) is 0 Å². The molecule has 8 bridgehead atoms. The molecule has 2 N–H and O–H groups in total. The van der Waals surface area contributed by atoms with E-state index in [0.29, 0.717) is 11.8 Å². The van der Waals surface area contributed by atoms with Gasteiger partial charge in [-0.05, 0) is 93.3 Å². The van der Waals surface area contributed by atoms with Crippen LogP contribution in [0.2, 0.25) is 0 Å². The van der Waals surface area contributed by atoms with Crippen molar-refractivity contribution in [1.29, 1.82) is 0 Å². The van der Waals surface area contributed by atoms with Crippen LogP contribution in [0.1, 0.15) is 38.5 Å². The third kappa shape index (κ3) is 3.10. The van der Waals surface area contributed by atoms with Gasteiger partial charge in [0.05, 0.1) is 22.5 Å². The molecular weight excluding hydrogens is 452 g/mol. The topological polar surface area (TPSA) is 109 Å². The van der Waals surface area contributed by atoms with Crippen LogP contribution in [-0.2, 0) is 10.3 Å². The van der Waals surface area contributed by atoms with E-state index >= 15 is 0 Å². The highest BCUT2D eigenvalue weighted by atomic mass is 16.4. The maximum absolute atomic E-state index is 14.1. The molecule has 6 heterocycles. The van der Waals surface area contributed by atoms with Crippen molar-refractivity contribution in [2.24, 2.45) is 21.3 Å². The molecule has 0 aromatic carbocycles. The van der Waals surface area contributed by atoms with Crippen LogP contribution in [0.25, 0.3) is 12.2 Å². The number of nitrogens with zero attached hydrogens (tertiary/aromatic N) is 4. The molecule has 0 spiro atoms. The maximum Gasteiger partial charge on any atom is 0.251 e. The van der Waals surface area contributed by atoms with Gasteiger partial charge in [-0.15, -0.1) is 10.2 Å². The van der Waals surface area contributed by atoms with Crippen LogP contribution >= 0.6 is 0 Å². The van der Waals surface area contributed by atoms with E-state index in [0.717, 1.165) is 46.4 Å². The van der Waals surface area contributed by atoms with Gasteiger partial charge in [0.15, 0.2) is 11.3 Å². The van der Waals surface area contributed by atoms with E-state index in [4.69, 9.17) is 14.4 Å². The van der Waals surface area contributed by atoms with Crippen molar-refractivity contribution in [1.82, 2.24) is 20.5 Å². The van der Waals surface area contributed by atoms with Crippen molar-refractivity contribution >= 4 is 29.4 Å². The lowest BCUT2D eigenvalue weighted by molar-refractivity contribution is -0.127. The van der Waals surface area contributed by atoms with E-state index < -0.39 is 16.5 Å². The van der Waals surface area contributed by atoms with Gasteiger partial charge in [-0.2, -0.15) is 0 Å². The summed E-state index contributed by atoms with van der Waals surface area (Å²) in [5.41, 5.74) is 0.597. The number of rotatable bonds is 2. The summed E-state index contributed by atoms with van der Waals surface area (Å²) >= 11 is 0. The number of carbonyl (C=O) groups excluding carboxylic acids is 1. The first kappa shape index (κ1) is 21.2. The highest BCUT2D eigenvalue weighted by Crippen LogP contribution is 2.52. The van der Waals surface area contributed by atoms with Gasteiger partial charge >= 0.3 is 0 Å². The van der Waals surface area contributed by atoms with Gasteiger partial charge < -0.3 is 14.7 Å². The molecule has 1 saturated carbocycles. The van der Waals surface area contributed by atoms with Gasteiger partial charge in [0.1, 0.15) is 5.54 Å². The molecule has 2 atom stereocenters. The molecule has 36 heavy (non-hydrogen) atoms. The molecule has 1 saturated heterocycles. The number of hydrogen-bond acceptors (Lipinski definition) is 7. The number of aliphatic imine (C=N–C) groups is 2. The van der Waals surface area contributed by atoms with Crippen molar-refractivity contribution in [3.8, 4) is 0 Å². The first-order valence-corrected chi connectivity index (χ1v) is 12.3. The summed E-state index contributed by atoms with van der Waals surface area (Å²) in [4.78, 5) is 27.4. The second-order valence-electron chi connectivity index (χ2n) is 10.7. The summed E-state index contributed by atoms with van der Waals surface area (Å²) in [6.45, 7) is 5.71. The number of aromatic amines is 1. The van der Waals surface area contributed by atoms with Gasteiger partial charge in [0.25, 0.3) is 5.89 Å². The highest BCUT2D eigenvalue weighted by Gasteiger charge is 2.61. The lowest BCUT2D eigenvalue weighted by Gasteiger charge is -2.26. The average molecular weight is 479 g/mol. The van der Waals surface area contributed by atoms with E-state index in [2.05, 4.69) is 20.5 Å². The Kier molecular flexibility index (Phi) is 4.13. The molecule has 180 valence electrons. The van der Waals surface area contributed by atoms with Crippen molar-refractivity contribution in [2.45, 2.75) is 44.7 Å². The van der Waals surface area contributed by atoms with Crippen molar-refractivity contribution < 1.29 is 9.21 Å². The molecule has 0 amide bonds. The first-order valence-electron chi connectivity index (χ1n) is 12.3. The van der Waals surface area contributed by atoms with E-state index in [9.17, 15) is 4.79 Å². The van der Waals surface area contributed by atoms with E-state index in [1.165, 1.54) is 0 Å². The van der Waals surface area contributed by atoms with Crippen molar-refractivity contribution in [2.75, 3.05) is 0 Å². The zero-order valence-electron chi connectivity index (χ0n) is 20.4. The Hall–Kier alpha value is -4.07. The molecule has 8 heteroatoms. The third-order valence-electron chi connectivity index (χ3n) is 7.63. The number of aromatic nitrogens is 3. The van der Waals surface area contributed by atoms with Crippen LogP contribution in [0.15, 0.2) is 74.4 Å². The summed E-state index contributed by atoms with van der Waals surface area (Å²) in [7, 11) is 0. The average Bonchev–Trinajstić information content (AvgIpc) is 3.16. The van der Waals surface area contributed by atoms with Crippen LogP contribution in [0.5, 0.6) is 0 Å². The highest BCUT2D eigenvalue weighted by molar-refractivity contribution is 6.20. The molecule has 2 unspecified atom stereocenters. The Morgan fingerprint density at radius 2 is 1.78 bits per heavy atom. The quantitative estimate of drug-likeness (QED) is 0.689. The van der Waals surface area contributed by atoms with Crippen LogP contribution < -0.4 is 16.0 Å². The molecule has 2 aromatic heterocycles. The zero-order chi connectivity index (χ0) is 24.7. The number of H-pyrrole nitrogens is 1. The predicted octanol–water partition coefficient (Wildman–Crippen LogP) is 2.31. The van der Waals surface area contributed by atoms with Crippen LogP contribution in [0.4, 0.5) is 0 Å². The Morgan fingerprint density at radius 1 is 1.00 bits per heavy atom. The monoisotopic (exact) mass is 478 g/mol. The fraction of sp³-hybridized carbons (Fsp3) is 0.321. The summed E-state index contributed by atoms with van der Waals surface area (Å²) in [6, 6.07) is 4.03. The summed E-state index contributed by atoms with van der Waals surface area (Å²) in [5, 5.41) is 13.9. The van der Waals surface area contributed by atoms with Crippen LogP contribution in [-0.4, -0.2) is 37.9 Å². The Morgan fingerprint density at radius 3 is 2.50 bits per heavy atom. The SMILES string of the molecule is Cc1nnc(C23C=CC(=N2)C=c2ccc([nH]2)=CC2=NC(=CC4(C5CC5)NC(=C3)C(C)(C)C4=O)C=C2)o1. The third-order valence-corrected chi connectivity index (χ3v) is 7.63. The summed E-state index contributed by atoms with van der Waals surface area (Å²) in [5.74, 6) is 1.19. The predicted molar refractivity (Wildman–Crippen MR) is 136 cm³/mol. The summed E-state index contributed by atoms with van der Waals surface area (Å²) < 4.78 is 5.90. The minimum atomic E-state index is -1.02. The largest absolute Gasteiger partial charge is 0.422 e. The molecule has 2 fully saturated rings. The number of carbonyl (C=O) groups is 1. The number of fused-ring (bicyclic) bond motifs is 6. The van der Waals surface area contributed by atoms with E-state index in [-0.39, 0.29) is 11.7 Å². The maximum atomic E-state index is 14.1. The lowest BCUT2D eigenvalue weighted by Crippen LogP contribution is -2.47.